The molecule has 1 rings (SSSR count). The molecule has 0 aliphatic carbocycles. The highest BCUT2D eigenvalue weighted by molar-refractivity contribution is 4.77. The largest absolute Gasteiger partial charge is 0.330 e. The smallest absolute Gasteiger partial charge is 0.00169 e. The first-order valence-electron chi connectivity index (χ1n) is 3.75. The van der Waals surface area contributed by atoms with Gasteiger partial charge in [0.1, 0.15) is 0 Å². The number of hydrogen-bond donors (Lipinski definition) is 2. The number of hydrogen-bond acceptors (Lipinski definition) is 2. The van der Waals surface area contributed by atoms with Crippen LogP contribution in [0.25, 0.3) is 0 Å². The van der Waals surface area contributed by atoms with Gasteiger partial charge in [-0.3, -0.25) is 0 Å². The lowest BCUT2D eigenvalue weighted by atomic mass is 9.95. The van der Waals surface area contributed by atoms with Crippen LogP contribution in [-0.2, 0) is 0 Å². The Labute approximate surface area is 56.8 Å². The van der Waals surface area contributed by atoms with E-state index in [4.69, 9.17) is 5.73 Å². The first-order valence-corrected chi connectivity index (χ1v) is 3.75. The summed E-state index contributed by atoms with van der Waals surface area (Å²) in [7, 11) is 0. The van der Waals surface area contributed by atoms with Gasteiger partial charge in [-0.15, -0.1) is 0 Å². The van der Waals surface area contributed by atoms with E-state index in [9.17, 15) is 0 Å². The van der Waals surface area contributed by atoms with E-state index in [0.29, 0.717) is 0 Å². The van der Waals surface area contributed by atoms with Gasteiger partial charge in [0.2, 0.25) is 0 Å². The fourth-order valence-electron chi connectivity index (χ4n) is 1.46. The molecule has 2 heteroatoms. The number of nitrogens with one attached hydrogen (secondary N) is 1. The molecule has 2 nitrogen and oxygen atoms in total. The highest BCUT2D eigenvalue weighted by Crippen LogP contribution is 2.17. The third kappa shape index (κ3) is 1.66. The van der Waals surface area contributed by atoms with Crippen molar-refractivity contribution in [3.05, 3.63) is 0 Å². The van der Waals surface area contributed by atoms with Crippen molar-refractivity contribution in [1.82, 2.24) is 5.32 Å². The average Bonchev–Trinajstić information content (AvgIpc) is 2.18. The van der Waals surface area contributed by atoms with E-state index >= 15 is 0 Å². The molecule has 1 fully saturated rings. The third-order valence-electron chi connectivity index (χ3n) is 2.22. The van der Waals surface area contributed by atoms with E-state index in [2.05, 4.69) is 12.2 Å². The maximum absolute atomic E-state index is 5.44. The zero-order valence-electron chi connectivity index (χ0n) is 6.06. The van der Waals surface area contributed by atoms with Crippen LogP contribution in [0.2, 0.25) is 0 Å². The van der Waals surface area contributed by atoms with Gasteiger partial charge in [0.05, 0.1) is 0 Å². The molecule has 0 spiro atoms. The Kier molecular flexibility index (Phi) is 2.49. The summed E-state index contributed by atoms with van der Waals surface area (Å²) in [5.41, 5.74) is 5.44. The van der Waals surface area contributed by atoms with E-state index in [-0.39, 0.29) is 0 Å². The van der Waals surface area contributed by atoms with Crippen LogP contribution >= 0.6 is 0 Å². The second kappa shape index (κ2) is 3.18. The van der Waals surface area contributed by atoms with E-state index in [0.717, 1.165) is 18.4 Å². The van der Waals surface area contributed by atoms with Crippen LogP contribution in [0.4, 0.5) is 0 Å². The van der Waals surface area contributed by atoms with Gasteiger partial charge in [-0.1, -0.05) is 6.92 Å². The van der Waals surface area contributed by atoms with Gasteiger partial charge in [0, 0.05) is 0 Å². The highest BCUT2D eigenvalue weighted by Gasteiger charge is 2.21. The molecule has 0 amide bonds. The molecular formula is C7H16N2. The van der Waals surface area contributed by atoms with Crippen LogP contribution in [0.15, 0.2) is 0 Å². The summed E-state index contributed by atoms with van der Waals surface area (Å²) in [6, 6.07) is 0. The van der Waals surface area contributed by atoms with Crippen molar-refractivity contribution in [1.29, 1.82) is 0 Å². The molecule has 0 saturated carbocycles. The van der Waals surface area contributed by atoms with Crippen molar-refractivity contribution in [2.24, 2.45) is 17.6 Å². The summed E-state index contributed by atoms with van der Waals surface area (Å²) in [5.74, 6) is 1.68. The quantitative estimate of drug-likeness (QED) is 0.557. The Hall–Kier alpha value is -0.0800. The zero-order valence-corrected chi connectivity index (χ0v) is 6.06. The highest BCUT2D eigenvalue weighted by atomic mass is 14.9. The van der Waals surface area contributed by atoms with Crippen molar-refractivity contribution in [2.45, 2.75) is 13.3 Å². The third-order valence-corrected chi connectivity index (χ3v) is 2.22. The van der Waals surface area contributed by atoms with Crippen LogP contribution in [0.3, 0.4) is 0 Å². The first kappa shape index (κ1) is 7.03. The van der Waals surface area contributed by atoms with Gasteiger partial charge in [-0.05, 0) is 37.9 Å². The van der Waals surface area contributed by atoms with Gasteiger partial charge in [-0.2, -0.15) is 0 Å². The summed E-state index contributed by atoms with van der Waals surface area (Å²) in [6.45, 7) is 5.50. The molecule has 2 unspecified atom stereocenters. The summed E-state index contributed by atoms with van der Waals surface area (Å²) in [4.78, 5) is 0. The number of rotatable bonds is 2. The van der Waals surface area contributed by atoms with E-state index < -0.39 is 0 Å². The zero-order chi connectivity index (χ0) is 6.69. The van der Waals surface area contributed by atoms with Gasteiger partial charge in [-0.25, -0.2) is 0 Å². The van der Waals surface area contributed by atoms with E-state index in [1.165, 1.54) is 19.5 Å². The lowest BCUT2D eigenvalue weighted by molar-refractivity contribution is 0.428. The first-order chi connectivity index (χ1) is 4.34. The average molecular weight is 128 g/mol. The van der Waals surface area contributed by atoms with Crippen molar-refractivity contribution in [3.8, 4) is 0 Å². The molecular weight excluding hydrogens is 112 g/mol. The molecule has 1 heterocycles. The predicted octanol–water partition coefficient (Wildman–Crippen LogP) is 0.191. The summed E-state index contributed by atoms with van der Waals surface area (Å²) in [6.07, 6.45) is 1.19. The van der Waals surface area contributed by atoms with Crippen LogP contribution in [0, 0.1) is 11.8 Å². The summed E-state index contributed by atoms with van der Waals surface area (Å²) < 4.78 is 0. The normalized spacial score (nSPS) is 35.3. The molecule has 0 aromatic rings. The van der Waals surface area contributed by atoms with Gasteiger partial charge in [0.15, 0.2) is 0 Å². The van der Waals surface area contributed by atoms with E-state index in [1.54, 1.807) is 0 Å². The topological polar surface area (TPSA) is 38.0 Å². The molecule has 3 N–H and O–H groups in total. The van der Waals surface area contributed by atoms with Crippen molar-refractivity contribution in [3.63, 3.8) is 0 Å². The molecule has 1 saturated heterocycles. The second-order valence-corrected chi connectivity index (χ2v) is 2.97. The minimum absolute atomic E-state index is 0.841. The molecule has 0 bridgehead atoms. The fourth-order valence-corrected chi connectivity index (χ4v) is 1.46. The van der Waals surface area contributed by atoms with Crippen LogP contribution in [-0.4, -0.2) is 19.6 Å². The Morgan fingerprint density at radius 1 is 1.56 bits per heavy atom. The van der Waals surface area contributed by atoms with Crippen molar-refractivity contribution in [2.75, 3.05) is 19.6 Å². The molecule has 9 heavy (non-hydrogen) atoms. The molecule has 1 aliphatic rings. The minimum Gasteiger partial charge on any atom is -0.330 e. The molecule has 54 valence electrons. The minimum atomic E-state index is 0.841. The maximum Gasteiger partial charge on any atom is -0.00169 e. The molecule has 2 atom stereocenters. The molecule has 1 aliphatic heterocycles. The van der Waals surface area contributed by atoms with Crippen LogP contribution in [0.1, 0.15) is 13.3 Å². The van der Waals surface area contributed by atoms with Gasteiger partial charge >= 0.3 is 0 Å². The lowest BCUT2D eigenvalue weighted by Crippen LogP contribution is -2.14. The Balaban J connectivity index is 2.22. The van der Waals surface area contributed by atoms with Crippen LogP contribution < -0.4 is 11.1 Å². The monoisotopic (exact) mass is 128 g/mol. The number of nitrogens with two attached hydrogens (primary N) is 1. The van der Waals surface area contributed by atoms with Crippen molar-refractivity contribution >= 4 is 0 Å². The Morgan fingerprint density at radius 3 is 2.78 bits per heavy atom. The second-order valence-electron chi connectivity index (χ2n) is 2.97. The van der Waals surface area contributed by atoms with Gasteiger partial charge in [0.25, 0.3) is 0 Å². The fraction of sp³-hybridized carbons (Fsp3) is 1.00. The Bertz CT molecular complexity index is 83.0. The van der Waals surface area contributed by atoms with Crippen molar-refractivity contribution < 1.29 is 0 Å². The predicted molar refractivity (Wildman–Crippen MR) is 39.2 cm³/mol. The standard InChI is InChI=1S/C7H16N2/c1-6-4-9-5-7(6)2-3-8/h6-7,9H,2-5,8H2,1H3. The van der Waals surface area contributed by atoms with E-state index in [1.807, 2.05) is 0 Å². The lowest BCUT2D eigenvalue weighted by Gasteiger charge is -2.10. The van der Waals surface area contributed by atoms with Gasteiger partial charge < -0.3 is 11.1 Å². The Morgan fingerprint density at radius 2 is 2.33 bits per heavy atom. The summed E-state index contributed by atoms with van der Waals surface area (Å²) >= 11 is 0. The van der Waals surface area contributed by atoms with Crippen LogP contribution in [0.5, 0.6) is 0 Å². The molecule has 0 aromatic carbocycles. The maximum atomic E-state index is 5.44. The molecule has 0 aromatic heterocycles. The SMILES string of the molecule is CC1CNCC1CCN. The summed E-state index contributed by atoms with van der Waals surface area (Å²) in [5, 5.41) is 3.35. The molecule has 0 radical (unpaired) electrons.